The van der Waals surface area contributed by atoms with Crippen LogP contribution in [-0.2, 0) is 6.42 Å². The number of hydrogen-bond acceptors (Lipinski definition) is 1. The molecule has 2 heteroatoms. The third-order valence-electron chi connectivity index (χ3n) is 3.31. The Morgan fingerprint density at radius 1 is 1.18 bits per heavy atom. The summed E-state index contributed by atoms with van der Waals surface area (Å²) in [4.78, 5) is 4.78. The van der Waals surface area contributed by atoms with Gasteiger partial charge < -0.3 is 4.40 Å². The Labute approximate surface area is 104 Å². The lowest BCUT2D eigenvalue weighted by Crippen LogP contribution is -1.98. The molecular formula is C15H22N2. The first-order valence-corrected chi connectivity index (χ1v) is 6.55. The largest absolute Gasteiger partial charge is 0.305 e. The summed E-state index contributed by atoms with van der Waals surface area (Å²) in [5, 5.41) is 0. The maximum absolute atomic E-state index is 4.78. The van der Waals surface area contributed by atoms with E-state index in [1.165, 1.54) is 17.0 Å². The summed E-state index contributed by atoms with van der Waals surface area (Å²) in [7, 11) is 0. The number of nitrogens with zero attached hydrogens (tertiary/aromatic N) is 2. The van der Waals surface area contributed by atoms with Crippen LogP contribution in [0.15, 0.2) is 18.3 Å². The highest BCUT2D eigenvalue weighted by Gasteiger charge is 2.15. The fourth-order valence-electron chi connectivity index (χ4n) is 2.23. The van der Waals surface area contributed by atoms with Gasteiger partial charge in [0.15, 0.2) is 0 Å². The Kier molecular flexibility index (Phi) is 3.23. The Bertz CT molecular complexity index is 521. The Morgan fingerprint density at radius 3 is 2.41 bits per heavy atom. The van der Waals surface area contributed by atoms with Gasteiger partial charge in [-0.05, 0) is 36.0 Å². The molecule has 2 aromatic heterocycles. The number of aryl methyl sites for hydroxylation is 1. The van der Waals surface area contributed by atoms with Gasteiger partial charge in [0, 0.05) is 17.6 Å². The lowest BCUT2D eigenvalue weighted by Gasteiger charge is -2.06. The van der Waals surface area contributed by atoms with Gasteiger partial charge in [-0.1, -0.05) is 34.6 Å². The number of rotatable bonds is 3. The average molecular weight is 230 g/mol. The predicted octanol–water partition coefficient (Wildman–Crippen LogP) is 4.14. The highest BCUT2D eigenvalue weighted by molar-refractivity contribution is 5.54. The van der Waals surface area contributed by atoms with Crippen molar-refractivity contribution in [2.24, 2.45) is 0 Å². The molecule has 0 saturated heterocycles. The van der Waals surface area contributed by atoms with Crippen LogP contribution in [0, 0.1) is 0 Å². The Balaban J connectivity index is 2.72. The van der Waals surface area contributed by atoms with Gasteiger partial charge in [-0.15, -0.1) is 0 Å². The molecule has 0 atom stereocenters. The molecule has 0 fully saturated rings. The molecule has 0 saturated carbocycles. The van der Waals surface area contributed by atoms with E-state index < -0.39 is 0 Å². The second-order valence-corrected chi connectivity index (χ2v) is 5.30. The molecule has 0 aliphatic rings. The first-order valence-electron chi connectivity index (χ1n) is 6.55. The lowest BCUT2D eigenvalue weighted by molar-refractivity contribution is 0.802. The third-order valence-corrected chi connectivity index (χ3v) is 3.31. The van der Waals surface area contributed by atoms with Crippen molar-refractivity contribution in [3.05, 3.63) is 35.3 Å². The maximum atomic E-state index is 4.78. The monoisotopic (exact) mass is 230 g/mol. The van der Waals surface area contributed by atoms with E-state index in [0.29, 0.717) is 11.8 Å². The zero-order valence-electron chi connectivity index (χ0n) is 11.5. The Morgan fingerprint density at radius 2 is 1.88 bits per heavy atom. The van der Waals surface area contributed by atoms with Crippen LogP contribution in [0.3, 0.4) is 0 Å². The van der Waals surface area contributed by atoms with Crippen LogP contribution >= 0.6 is 0 Å². The summed E-state index contributed by atoms with van der Waals surface area (Å²) < 4.78 is 2.25. The lowest BCUT2D eigenvalue weighted by atomic mass is 10.0. The fourth-order valence-corrected chi connectivity index (χ4v) is 2.23. The zero-order valence-corrected chi connectivity index (χ0v) is 11.5. The van der Waals surface area contributed by atoms with Gasteiger partial charge in [0.2, 0.25) is 0 Å². The van der Waals surface area contributed by atoms with Crippen molar-refractivity contribution >= 4 is 5.65 Å². The number of aromatic nitrogens is 2. The van der Waals surface area contributed by atoms with Gasteiger partial charge in [-0.3, -0.25) is 0 Å². The molecule has 2 heterocycles. The van der Waals surface area contributed by atoms with Crippen LogP contribution < -0.4 is 0 Å². The van der Waals surface area contributed by atoms with Crippen molar-refractivity contribution in [2.75, 3.05) is 0 Å². The zero-order chi connectivity index (χ0) is 12.6. The van der Waals surface area contributed by atoms with Crippen LogP contribution in [0.1, 0.15) is 63.4 Å². The molecule has 2 aromatic rings. The van der Waals surface area contributed by atoms with E-state index in [1.54, 1.807) is 0 Å². The SMILES string of the molecule is CCc1ccn2c(C(C)C)cc(C(C)C)c2n1. The summed E-state index contributed by atoms with van der Waals surface area (Å²) in [6.45, 7) is 11.1. The van der Waals surface area contributed by atoms with Crippen LogP contribution in [-0.4, -0.2) is 9.38 Å². The summed E-state index contributed by atoms with van der Waals surface area (Å²) in [6, 6.07) is 4.44. The number of hydrogen-bond donors (Lipinski definition) is 0. The van der Waals surface area contributed by atoms with E-state index in [4.69, 9.17) is 4.98 Å². The van der Waals surface area contributed by atoms with Crippen molar-refractivity contribution in [3.8, 4) is 0 Å². The van der Waals surface area contributed by atoms with Crippen LogP contribution in [0.5, 0.6) is 0 Å². The first-order chi connectivity index (χ1) is 8.04. The predicted molar refractivity (Wildman–Crippen MR) is 72.7 cm³/mol. The van der Waals surface area contributed by atoms with Gasteiger partial charge >= 0.3 is 0 Å². The average Bonchev–Trinajstić information content (AvgIpc) is 2.67. The molecule has 0 N–H and O–H groups in total. The summed E-state index contributed by atoms with van der Waals surface area (Å²) in [6.07, 6.45) is 3.17. The summed E-state index contributed by atoms with van der Waals surface area (Å²) in [5.74, 6) is 1.06. The molecule has 0 aliphatic carbocycles. The minimum absolute atomic E-state index is 0.525. The molecule has 0 bridgehead atoms. The quantitative estimate of drug-likeness (QED) is 0.774. The molecule has 2 nitrogen and oxygen atoms in total. The standard InChI is InChI=1S/C15H22N2/c1-6-12-7-8-17-14(11(4)5)9-13(10(2)3)15(17)16-12/h7-11H,6H2,1-5H3. The van der Waals surface area contributed by atoms with Crippen molar-refractivity contribution < 1.29 is 0 Å². The summed E-state index contributed by atoms with van der Waals surface area (Å²) >= 11 is 0. The molecule has 0 spiro atoms. The van der Waals surface area contributed by atoms with Crippen molar-refractivity contribution in [1.82, 2.24) is 9.38 Å². The second kappa shape index (κ2) is 4.52. The Hall–Kier alpha value is -1.31. The molecular weight excluding hydrogens is 208 g/mol. The molecule has 0 unspecified atom stereocenters. The normalized spacial score (nSPS) is 11.9. The molecule has 2 rings (SSSR count). The molecule has 0 aliphatic heterocycles. The van der Waals surface area contributed by atoms with Gasteiger partial charge in [0.1, 0.15) is 5.65 Å². The molecule has 0 radical (unpaired) electrons. The van der Waals surface area contributed by atoms with Crippen LogP contribution in [0.4, 0.5) is 0 Å². The highest BCUT2D eigenvalue weighted by Crippen LogP contribution is 2.27. The van der Waals surface area contributed by atoms with E-state index in [9.17, 15) is 0 Å². The maximum Gasteiger partial charge on any atom is 0.140 e. The molecule has 92 valence electrons. The minimum Gasteiger partial charge on any atom is -0.305 e. The van der Waals surface area contributed by atoms with Crippen LogP contribution in [0.25, 0.3) is 5.65 Å². The van der Waals surface area contributed by atoms with E-state index in [2.05, 4.69) is 57.3 Å². The second-order valence-electron chi connectivity index (χ2n) is 5.30. The van der Waals surface area contributed by atoms with Gasteiger partial charge in [0.25, 0.3) is 0 Å². The van der Waals surface area contributed by atoms with E-state index in [0.717, 1.165) is 12.1 Å². The van der Waals surface area contributed by atoms with Crippen molar-refractivity contribution in [1.29, 1.82) is 0 Å². The van der Waals surface area contributed by atoms with Crippen molar-refractivity contribution in [2.45, 2.75) is 52.9 Å². The van der Waals surface area contributed by atoms with Crippen LogP contribution in [0.2, 0.25) is 0 Å². The smallest absolute Gasteiger partial charge is 0.140 e. The van der Waals surface area contributed by atoms with E-state index in [1.807, 2.05) is 0 Å². The van der Waals surface area contributed by atoms with Crippen molar-refractivity contribution in [3.63, 3.8) is 0 Å². The highest BCUT2D eigenvalue weighted by atomic mass is 15.0. The molecule has 0 amide bonds. The molecule has 17 heavy (non-hydrogen) atoms. The first kappa shape index (κ1) is 12.2. The summed E-state index contributed by atoms with van der Waals surface area (Å²) in [5.41, 5.74) is 5.04. The van der Waals surface area contributed by atoms with Gasteiger partial charge in [-0.2, -0.15) is 0 Å². The van der Waals surface area contributed by atoms with E-state index in [-0.39, 0.29) is 0 Å². The topological polar surface area (TPSA) is 17.3 Å². The van der Waals surface area contributed by atoms with Gasteiger partial charge in [0.05, 0.1) is 0 Å². The van der Waals surface area contributed by atoms with E-state index >= 15 is 0 Å². The number of fused-ring (bicyclic) bond motifs is 1. The molecule has 0 aromatic carbocycles. The fraction of sp³-hybridized carbons (Fsp3) is 0.533. The van der Waals surface area contributed by atoms with Gasteiger partial charge in [-0.25, -0.2) is 4.98 Å². The third kappa shape index (κ3) is 2.08. The minimum atomic E-state index is 0.525.